The minimum Gasteiger partial charge on any atom is -0.317 e. The molecule has 2 rings (SSSR count). The molecule has 0 saturated carbocycles. The Morgan fingerprint density at radius 3 is 2.83 bits per heavy atom. The van der Waals surface area contributed by atoms with E-state index in [0.717, 1.165) is 0 Å². The van der Waals surface area contributed by atoms with Crippen LogP contribution in [-0.4, -0.2) is 37.1 Å². The maximum atomic E-state index is 3.42. The first-order valence-corrected chi connectivity index (χ1v) is 7.86. The Bertz CT molecular complexity index is 359. The lowest BCUT2D eigenvalue weighted by Gasteiger charge is -2.41. The molecule has 1 fully saturated rings. The molecular formula is C15H26N2S. The standard InChI is InChI=1S/C15H26N2S/c1-12-10-13(16-4)7-8-17(12)11-15(2,3)14-6-5-9-18-14/h5-6,9,12-13,16H,7-8,10-11H2,1-4H3. The predicted molar refractivity (Wildman–Crippen MR) is 80.5 cm³/mol. The lowest BCUT2D eigenvalue weighted by molar-refractivity contribution is 0.115. The van der Waals surface area contributed by atoms with Crippen LogP contribution in [0.5, 0.6) is 0 Å². The van der Waals surface area contributed by atoms with Crippen LogP contribution in [0.1, 0.15) is 38.5 Å². The van der Waals surface area contributed by atoms with Crippen molar-refractivity contribution in [3.63, 3.8) is 0 Å². The van der Waals surface area contributed by atoms with Gasteiger partial charge in [0.05, 0.1) is 0 Å². The zero-order chi connectivity index (χ0) is 13.2. The highest BCUT2D eigenvalue weighted by Crippen LogP contribution is 2.30. The number of nitrogens with one attached hydrogen (secondary N) is 1. The smallest absolute Gasteiger partial charge is 0.0118 e. The normalized spacial score (nSPS) is 26.4. The summed E-state index contributed by atoms with van der Waals surface area (Å²) in [4.78, 5) is 4.17. The van der Waals surface area contributed by atoms with Crippen molar-refractivity contribution in [1.82, 2.24) is 10.2 Å². The summed E-state index contributed by atoms with van der Waals surface area (Å²) in [7, 11) is 2.09. The van der Waals surface area contributed by atoms with Crippen LogP contribution < -0.4 is 5.32 Å². The van der Waals surface area contributed by atoms with Crippen molar-refractivity contribution in [2.45, 2.75) is 51.1 Å². The number of rotatable bonds is 4. The van der Waals surface area contributed by atoms with Crippen LogP contribution in [0.3, 0.4) is 0 Å². The summed E-state index contributed by atoms with van der Waals surface area (Å²) < 4.78 is 0. The Hall–Kier alpha value is -0.380. The fraction of sp³-hybridized carbons (Fsp3) is 0.733. The fourth-order valence-electron chi connectivity index (χ4n) is 2.97. The van der Waals surface area contributed by atoms with Crippen molar-refractivity contribution in [3.8, 4) is 0 Å². The molecule has 3 heteroatoms. The van der Waals surface area contributed by atoms with Gasteiger partial charge in [0.1, 0.15) is 0 Å². The summed E-state index contributed by atoms with van der Waals surface area (Å²) in [5.74, 6) is 0. The van der Waals surface area contributed by atoms with Gasteiger partial charge in [0.2, 0.25) is 0 Å². The van der Waals surface area contributed by atoms with Crippen LogP contribution in [0.2, 0.25) is 0 Å². The van der Waals surface area contributed by atoms with Gasteiger partial charge in [-0.2, -0.15) is 0 Å². The van der Waals surface area contributed by atoms with Crippen LogP contribution in [0.4, 0.5) is 0 Å². The van der Waals surface area contributed by atoms with E-state index in [1.165, 1.54) is 30.8 Å². The lowest BCUT2D eigenvalue weighted by Crippen LogP contribution is -2.50. The van der Waals surface area contributed by atoms with Crippen LogP contribution in [0, 0.1) is 0 Å². The molecule has 0 amide bonds. The van der Waals surface area contributed by atoms with Gasteiger partial charge < -0.3 is 5.32 Å². The van der Waals surface area contributed by atoms with Gasteiger partial charge in [-0.3, -0.25) is 4.90 Å². The van der Waals surface area contributed by atoms with Gasteiger partial charge in [0.15, 0.2) is 0 Å². The van der Waals surface area contributed by atoms with Crippen molar-refractivity contribution in [2.75, 3.05) is 20.1 Å². The average Bonchev–Trinajstić information content (AvgIpc) is 2.86. The Balaban J connectivity index is 1.97. The largest absolute Gasteiger partial charge is 0.317 e. The first kappa shape index (κ1) is 14.0. The Morgan fingerprint density at radius 1 is 1.50 bits per heavy atom. The third-order valence-corrected chi connectivity index (χ3v) is 5.44. The van der Waals surface area contributed by atoms with Crippen LogP contribution in [-0.2, 0) is 5.41 Å². The molecular weight excluding hydrogens is 240 g/mol. The summed E-state index contributed by atoms with van der Waals surface area (Å²) in [5.41, 5.74) is 0.273. The maximum Gasteiger partial charge on any atom is 0.0118 e. The number of thiophene rings is 1. The van der Waals surface area contributed by atoms with E-state index in [9.17, 15) is 0 Å². The molecule has 1 saturated heterocycles. The van der Waals surface area contributed by atoms with Gasteiger partial charge in [-0.05, 0) is 44.8 Å². The minimum atomic E-state index is 0.273. The summed E-state index contributed by atoms with van der Waals surface area (Å²) in [6.07, 6.45) is 2.55. The second-order valence-corrected chi connectivity index (χ2v) is 7.14. The van der Waals surface area contributed by atoms with Gasteiger partial charge in [0, 0.05) is 28.9 Å². The second kappa shape index (κ2) is 5.72. The molecule has 2 atom stereocenters. The topological polar surface area (TPSA) is 15.3 Å². The first-order valence-electron chi connectivity index (χ1n) is 6.98. The summed E-state index contributed by atoms with van der Waals surface area (Å²) >= 11 is 1.89. The molecule has 1 aliphatic heterocycles. The van der Waals surface area contributed by atoms with Gasteiger partial charge in [-0.15, -0.1) is 11.3 Å². The summed E-state index contributed by atoms with van der Waals surface area (Å²) in [6, 6.07) is 5.84. The molecule has 0 aliphatic carbocycles. The third kappa shape index (κ3) is 3.14. The summed E-state index contributed by atoms with van der Waals surface area (Å²) in [6.45, 7) is 9.51. The van der Waals surface area contributed by atoms with Gasteiger partial charge >= 0.3 is 0 Å². The molecule has 102 valence electrons. The van der Waals surface area contributed by atoms with Crippen molar-refractivity contribution in [3.05, 3.63) is 22.4 Å². The second-order valence-electron chi connectivity index (χ2n) is 6.19. The predicted octanol–water partition coefficient (Wildman–Crippen LogP) is 3.10. The quantitative estimate of drug-likeness (QED) is 0.901. The van der Waals surface area contributed by atoms with Gasteiger partial charge in [-0.25, -0.2) is 0 Å². The molecule has 1 aromatic heterocycles. The molecule has 2 unspecified atom stereocenters. The van der Waals surface area contributed by atoms with Gasteiger partial charge in [-0.1, -0.05) is 19.9 Å². The number of hydrogen-bond acceptors (Lipinski definition) is 3. The van der Waals surface area contributed by atoms with E-state index < -0.39 is 0 Å². The molecule has 18 heavy (non-hydrogen) atoms. The summed E-state index contributed by atoms with van der Waals surface area (Å²) in [5, 5.41) is 5.61. The first-order chi connectivity index (χ1) is 8.53. The minimum absolute atomic E-state index is 0.273. The van der Waals surface area contributed by atoms with Gasteiger partial charge in [0.25, 0.3) is 0 Å². The number of likely N-dealkylation sites (tertiary alicyclic amines) is 1. The molecule has 2 nitrogen and oxygen atoms in total. The fourth-order valence-corrected chi connectivity index (χ4v) is 3.81. The molecule has 1 aromatic rings. The maximum absolute atomic E-state index is 3.42. The number of nitrogens with zero attached hydrogens (tertiary/aromatic N) is 1. The van der Waals surface area contributed by atoms with Crippen LogP contribution in [0.15, 0.2) is 17.5 Å². The zero-order valence-corrected chi connectivity index (χ0v) is 12.9. The van der Waals surface area contributed by atoms with E-state index in [0.29, 0.717) is 12.1 Å². The van der Waals surface area contributed by atoms with E-state index in [-0.39, 0.29) is 5.41 Å². The highest BCUT2D eigenvalue weighted by molar-refractivity contribution is 7.10. The van der Waals surface area contributed by atoms with E-state index in [4.69, 9.17) is 0 Å². The molecule has 0 radical (unpaired) electrons. The Morgan fingerprint density at radius 2 is 2.28 bits per heavy atom. The SMILES string of the molecule is CNC1CCN(CC(C)(C)c2cccs2)C(C)C1. The highest BCUT2D eigenvalue weighted by Gasteiger charge is 2.30. The zero-order valence-electron chi connectivity index (χ0n) is 12.1. The van der Waals surface area contributed by atoms with E-state index in [1.807, 2.05) is 11.3 Å². The van der Waals surface area contributed by atoms with Crippen LogP contribution >= 0.6 is 11.3 Å². The van der Waals surface area contributed by atoms with Crippen molar-refractivity contribution >= 4 is 11.3 Å². The Labute approximate surface area is 115 Å². The number of hydrogen-bond donors (Lipinski definition) is 1. The number of piperidine rings is 1. The lowest BCUT2D eigenvalue weighted by atomic mass is 9.88. The molecule has 0 aromatic carbocycles. The van der Waals surface area contributed by atoms with E-state index in [2.05, 4.69) is 55.5 Å². The highest BCUT2D eigenvalue weighted by atomic mass is 32.1. The monoisotopic (exact) mass is 266 g/mol. The third-order valence-electron chi connectivity index (χ3n) is 4.21. The average molecular weight is 266 g/mol. The Kier molecular flexibility index (Phi) is 4.46. The molecule has 1 aliphatic rings. The van der Waals surface area contributed by atoms with E-state index >= 15 is 0 Å². The molecule has 1 N–H and O–H groups in total. The van der Waals surface area contributed by atoms with Crippen molar-refractivity contribution in [1.29, 1.82) is 0 Å². The van der Waals surface area contributed by atoms with Crippen molar-refractivity contribution < 1.29 is 0 Å². The molecule has 0 bridgehead atoms. The van der Waals surface area contributed by atoms with E-state index in [1.54, 1.807) is 0 Å². The molecule has 2 heterocycles. The molecule has 0 spiro atoms. The van der Waals surface area contributed by atoms with Crippen molar-refractivity contribution in [2.24, 2.45) is 0 Å². The van der Waals surface area contributed by atoms with Crippen LogP contribution in [0.25, 0.3) is 0 Å².